The normalized spacial score (nSPS) is 17.6. The molecule has 0 aromatic carbocycles. The second-order valence-corrected chi connectivity index (χ2v) is 4.53. The van der Waals surface area contributed by atoms with Crippen molar-refractivity contribution in [3.63, 3.8) is 0 Å². The number of nitrogens with zero attached hydrogens (tertiary/aromatic N) is 2. The van der Waals surface area contributed by atoms with Crippen molar-refractivity contribution in [1.29, 1.82) is 0 Å². The van der Waals surface area contributed by atoms with Crippen molar-refractivity contribution in [3.8, 4) is 0 Å². The summed E-state index contributed by atoms with van der Waals surface area (Å²) in [5.41, 5.74) is 0. The zero-order chi connectivity index (χ0) is 13.4. The quantitative estimate of drug-likeness (QED) is 0.649. The van der Waals surface area contributed by atoms with E-state index in [2.05, 4.69) is 15.1 Å². The van der Waals surface area contributed by atoms with Crippen LogP contribution in [0.4, 0.5) is 0 Å². The van der Waals surface area contributed by atoms with Crippen LogP contribution in [0.5, 0.6) is 0 Å². The first kappa shape index (κ1) is 14.9. The smallest absolute Gasteiger partial charge is 0.304 e. The summed E-state index contributed by atoms with van der Waals surface area (Å²) in [6.07, 6.45) is 0.752. The Morgan fingerprint density at radius 2 is 1.56 bits per heavy atom. The van der Waals surface area contributed by atoms with E-state index in [1.807, 2.05) is 6.92 Å². The lowest BCUT2D eigenvalue weighted by atomic mass is 10.2. The summed E-state index contributed by atoms with van der Waals surface area (Å²) in [5, 5.41) is 11.4. The minimum atomic E-state index is -0.742. The molecule has 1 aliphatic rings. The van der Waals surface area contributed by atoms with E-state index in [0.717, 1.165) is 32.7 Å². The van der Waals surface area contributed by atoms with Crippen molar-refractivity contribution >= 4 is 11.9 Å². The van der Waals surface area contributed by atoms with Gasteiger partial charge in [0.25, 0.3) is 0 Å². The lowest BCUT2D eigenvalue weighted by molar-refractivity contribution is -0.137. The van der Waals surface area contributed by atoms with Crippen molar-refractivity contribution in [3.05, 3.63) is 0 Å². The Hall–Kier alpha value is -1.14. The third kappa shape index (κ3) is 5.97. The highest BCUT2D eigenvalue weighted by Crippen LogP contribution is 2.03. The lowest BCUT2D eigenvalue weighted by Crippen LogP contribution is -2.47. The maximum atomic E-state index is 11.3. The fourth-order valence-corrected chi connectivity index (χ4v) is 2.04. The maximum absolute atomic E-state index is 11.3. The minimum Gasteiger partial charge on any atom is -0.481 e. The Morgan fingerprint density at radius 3 is 2.00 bits per heavy atom. The zero-order valence-corrected chi connectivity index (χ0v) is 11.0. The molecular formula is C12H23N3O3. The summed E-state index contributed by atoms with van der Waals surface area (Å²) < 4.78 is 0. The molecule has 1 saturated heterocycles. The monoisotopic (exact) mass is 257 g/mol. The average Bonchev–Trinajstić information content (AvgIpc) is 2.35. The topological polar surface area (TPSA) is 72.9 Å². The SMILES string of the molecule is CCNC(=O)CCN1CCN(CCC(=O)O)CC1. The van der Waals surface area contributed by atoms with E-state index in [1.54, 1.807) is 0 Å². The molecule has 0 radical (unpaired) electrons. The number of amides is 1. The van der Waals surface area contributed by atoms with Crippen LogP contribution in [-0.2, 0) is 9.59 Å². The molecule has 18 heavy (non-hydrogen) atoms. The summed E-state index contributed by atoms with van der Waals surface area (Å²) in [6, 6.07) is 0. The van der Waals surface area contributed by atoms with Gasteiger partial charge in [-0.2, -0.15) is 0 Å². The first-order valence-electron chi connectivity index (χ1n) is 6.55. The van der Waals surface area contributed by atoms with E-state index in [9.17, 15) is 9.59 Å². The predicted octanol–water partition coefficient (Wildman–Crippen LogP) is -0.395. The Kier molecular flexibility index (Phi) is 6.67. The van der Waals surface area contributed by atoms with Gasteiger partial charge in [-0.3, -0.25) is 9.59 Å². The van der Waals surface area contributed by atoms with Crippen molar-refractivity contribution in [2.24, 2.45) is 0 Å². The van der Waals surface area contributed by atoms with Gasteiger partial charge in [-0.1, -0.05) is 0 Å². The molecule has 1 heterocycles. The van der Waals surface area contributed by atoms with Crippen molar-refractivity contribution in [1.82, 2.24) is 15.1 Å². The Balaban J connectivity index is 2.11. The summed E-state index contributed by atoms with van der Waals surface area (Å²) >= 11 is 0. The molecule has 0 unspecified atom stereocenters. The number of carbonyl (C=O) groups excluding carboxylic acids is 1. The molecule has 6 heteroatoms. The average molecular weight is 257 g/mol. The van der Waals surface area contributed by atoms with Gasteiger partial charge in [0.15, 0.2) is 0 Å². The number of hydrogen-bond donors (Lipinski definition) is 2. The van der Waals surface area contributed by atoms with Crippen molar-refractivity contribution in [2.75, 3.05) is 45.8 Å². The van der Waals surface area contributed by atoms with Crippen LogP contribution in [0, 0.1) is 0 Å². The highest BCUT2D eigenvalue weighted by atomic mass is 16.4. The molecule has 0 spiro atoms. The highest BCUT2D eigenvalue weighted by Gasteiger charge is 2.17. The molecule has 0 aliphatic carbocycles. The number of piperazine rings is 1. The first-order chi connectivity index (χ1) is 8.61. The molecule has 1 aliphatic heterocycles. The van der Waals surface area contributed by atoms with E-state index >= 15 is 0 Å². The van der Waals surface area contributed by atoms with Crippen LogP contribution in [0.1, 0.15) is 19.8 Å². The van der Waals surface area contributed by atoms with Crippen molar-refractivity contribution < 1.29 is 14.7 Å². The lowest BCUT2D eigenvalue weighted by Gasteiger charge is -2.34. The number of aliphatic carboxylic acids is 1. The van der Waals surface area contributed by atoms with Crippen LogP contribution in [0.15, 0.2) is 0 Å². The molecule has 1 fully saturated rings. The van der Waals surface area contributed by atoms with E-state index in [-0.39, 0.29) is 12.3 Å². The third-order valence-corrected chi connectivity index (χ3v) is 3.14. The largest absolute Gasteiger partial charge is 0.481 e. The molecule has 0 atom stereocenters. The summed E-state index contributed by atoms with van der Waals surface area (Å²) in [7, 11) is 0. The molecular weight excluding hydrogens is 234 g/mol. The zero-order valence-electron chi connectivity index (χ0n) is 11.0. The molecule has 1 amide bonds. The fourth-order valence-electron chi connectivity index (χ4n) is 2.04. The number of carboxylic acid groups (broad SMARTS) is 1. The van der Waals surface area contributed by atoms with Gasteiger partial charge >= 0.3 is 5.97 Å². The summed E-state index contributed by atoms with van der Waals surface area (Å²) in [5.74, 6) is -0.639. The molecule has 0 saturated carbocycles. The Morgan fingerprint density at radius 1 is 1.06 bits per heavy atom. The third-order valence-electron chi connectivity index (χ3n) is 3.14. The number of hydrogen-bond acceptors (Lipinski definition) is 4. The molecule has 104 valence electrons. The summed E-state index contributed by atoms with van der Waals surface area (Å²) in [6.45, 7) is 7.63. The van der Waals surface area contributed by atoms with Gasteiger partial charge in [-0.15, -0.1) is 0 Å². The summed E-state index contributed by atoms with van der Waals surface area (Å²) in [4.78, 5) is 26.2. The van der Waals surface area contributed by atoms with Gasteiger partial charge < -0.3 is 20.2 Å². The minimum absolute atomic E-state index is 0.103. The fraction of sp³-hybridized carbons (Fsp3) is 0.833. The van der Waals surface area contributed by atoms with Gasteiger partial charge in [-0.05, 0) is 6.92 Å². The van der Waals surface area contributed by atoms with E-state index in [4.69, 9.17) is 5.11 Å². The van der Waals surface area contributed by atoms with Gasteiger partial charge in [0.05, 0.1) is 6.42 Å². The van der Waals surface area contributed by atoms with Gasteiger partial charge in [0.2, 0.25) is 5.91 Å². The van der Waals surface area contributed by atoms with Crippen LogP contribution < -0.4 is 5.32 Å². The van der Waals surface area contributed by atoms with Crippen LogP contribution in [-0.4, -0.2) is 72.6 Å². The number of carboxylic acids is 1. The molecule has 0 aromatic rings. The highest BCUT2D eigenvalue weighted by molar-refractivity contribution is 5.75. The Bertz CT molecular complexity index is 276. The second-order valence-electron chi connectivity index (χ2n) is 4.53. The number of carbonyl (C=O) groups is 2. The second kappa shape index (κ2) is 8.05. The van der Waals surface area contributed by atoms with Crippen LogP contribution >= 0.6 is 0 Å². The van der Waals surface area contributed by atoms with Crippen LogP contribution in [0.2, 0.25) is 0 Å². The van der Waals surface area contributed by atoms with Gasteiger partial charge in [0.1, 0.15) is 0 Å². The molecule has 6 nitrogen and oxygen atoms in total. The maximum Gasteiger partial charge on any atom is 0.304 e. The molecule has 0 aromatic heterocycles. The first-order valence-corrected chi connectivity index (χ1v) is 6.55. The van der Waals surface area contributed by atoms with Crippen molar-refractivity contribution in [2.45, 2.75) is 19.8 Å². The number of nitrogens with one attached hydrogen (secondary N) is 1. The molecule has 2 N–H and O–H groups in total. The Labute approximate surface area is 108 Å². The standard InChI is InChI=1S/C12H23N3O3/c1-2-13-11(16)3-5-14-7-9-15(10-8-14)6-4-12(17)18/h2-10H2,1H3,(H,13,16)(H,17,18). The molecule has 1 rings (SSSR count). The van der Waals surface area contributed by atoms with E-state index in [1.165, 1.54) is 0 Å². The van der Waals surface area contributed by atoms with Crippen LogP contribution in [0.3, 0.4) is 0 Å². The number of rotatable bonds is 7. The van der Waals surface area contributed by atoms with E-state index in [0.29, 0.717) is 19.5 Å². The van der Waals surface area contributed by atoms with Gasteiger partial charge in [0, 0.05) is 52.2 Å². The molecule has 0 bridgehead atoms. The van der Waals surface area contributed by atoms with E-state index < -0.39 is 5.97 Å². The van der Waals surface area contributed by atoms with Crippen LogP contribution in [0.25, 0.3) is 0 Å². The van der Waals surface area contributed by atoms with Gasteiger partial charge in [-0.25, -0.2) is 0 Å². The predicted molar refractivity (Wildman–Crippen MR) is 68.4 cm³/mol.